The lowest BCUT2D eigenvalue weighted by atomic mass is 9.99. The lowest BCUT2D eigenvalue weighted by Crippen LogP contribution is -2.15. The molecule has 0 spiro atoms. The molecule has 5 heteroatoms. The van der Waals surface area contributed by atoms with E-state index in [0.29, 0.717) is 11.4 Å². The maximum absolute atomic E-state index is 12.6. The van der Waals surface area contributed by atoms with E-state index in [-0.39, 0.29) is 10.8 Å². The molecular weight excluding hydrogens is 298 g/mol. The predicted molar refractivity (Wildman–Crippen MR) is 89.1 cm³/mol. The molecule has 0 heterocycles. The van der Waals surface area contributed by atoms with Gasteiger partial charge in [-0.3, -0.25) is 4.72 Å². The number of ether oxygens (including phenoxy) is 1. The van der Waals surface area contributed by atoms with Crippen LogP contribution in [0.4, 0.5) is 5.69 Å². The van der Waals surface area contributed by atoms with Crippen LogP contribution in [0.25, 0.3) is 0 Å². The van der Waals surface area contributed by atoms with E-state index in [1.807, 2.05) is 39.0 Å². The van der Waals surface area contributed by atoms with Crippen LogP contribution in [-0.2, 0) is 10.0 Å². The van der Waals surface area contributed by atoms with Gasteiger partial charge in [0, 0.05) is 0 Å². The molecule has 0 saturated carbocycles. The standard InChI is InChI=1S/C17H21NO3S/c1-12(2)16-7-5-6-13(3)17(16)18-22(19,20)15-10-8-14(21-4)9-11-15/h5-12,18H,1-4H3. The minimum Gasteiger partial charge on any atom is -0.497 e. The van der Waals surface area contributed by atoms with E-state index in [2.05, 4.69) is 4.72 Å². The van der Waals surface area contributed by atoms with Crippen molar-refractivity contribution in [3.63, 3.8) is 0 Å². The van der Waals surface area contributed by atoms with Gasteiger partial charge in [-0.1, -0.05) is 32.0 Å². The first kappa shape index (κ1) is 16.4. The lowest BCUT2D eigenvalue weighted by molar-refractivity contribution is 0.414. The Bertz CT molecular complexity index is 750. The Hall–Kier alpha value is -2.01. The maximum atomic E-state index is 12.6. The van der Waals surface area contributed by atoms with E-state index in [1.54, 1.807) is 19.2 Å². The van der Waals surface area contributed by atoms with E-state index >= 15 is 0 Å². The van der Waals surface area contributed by atoms with Gasteiger partial charge in [0.25, 0.3) is 10.0 Å². The maximum Gasteiger partial charge on any atom is 0.261 e. The van der Waals surface area contributed by atoms with Gasteiger partial charge in [-0.2, -0.15) is 0 Å². The van der Waals surface area contributed by atoms with E-state index in [1.165, 1.54) is 12.1 Å². The van der Waals surface area contributed by atoms with E-state index in [9.17, 15) is 8.42 Å². The van der Waals surface area contributed by atoms with Crippen LogP contribution in [0.5, 0.6) is 5.75 Å². The van der Waals surface area contributed by atoms with Gasteiger partial charge >= 0.3 is 0 Å². The van der Waals surface area contributed by atoms with Crippen LogP contribution >= 0.6 is 0 Å². The van der Waals surface area contributed by atoms with Gasteiger partial charge in [0.1, 0.15) is 5.75 Å². The van der Waals surface area contributed by atoms with Crippen molar-refractivity contribution < 1.29 is 13.2 Å². The minimum absolute atomic E-state index is 0.214. The third kappa shape index (κ3) is 3.42. The molecule has 2 rings (SSSR count). The zero-order valence-electron chi connectivity index (χ0n) is 13.3. The molecule has 0 saturated heterocycles. The quantitative estimate of drug-likeness (QED) is 0.908. The van der Waals surface area contributed by atoms with Crippen molar-refractivity contribution in [2.45, 2.75) is 31.6 Å². The number of sulfonamides is 1. The largest absolute Gasteiger partial charge is 0.497 e. The van der Waals surface area contributed by atoms with Crippen LogP contribution in [0.15, 0.2) is 47.4 Å². The number of benzene rings is 2. The van der Waals surface area contributed by atoms with Gasteiger partial charge in [-0.25, -0.2) is 8.42 Å². The van der Waals surface area contributed by atoms with Crippen molar-refractivity contribution in [3.8, 4) is 5.75 Å². The lowest BCUT2D eigenvalue weighted by Gasteiger charge is -2.17. The van der Waals surface area contributed by atoms with Crippen LogP contribution in [0.2, 0.25) is 0 Å². The Labute approximate surface area is 132 Å². The SMILES string of the molecule is COc1ccc(S(=O)(=O)Nc2c(C)cccc2C(C)C)cc1. The number of nitrogens with one attached hydrogen (secondary N) is 1. The van der Waals surface area contributed by atoms with Crippen molar-refractivity contribution in [1.82, 2.24) is 0 Å². The third-order valence-electron chi connectivity index (χ3n) is 3.53. The molecule has 0 unspecified atom stereocenters. The molecule has 22 heavy (non-hydrogen) atoms. The molecule has 1 N–H and O–H groups in total. The van der Waals surface area contributed by atoms with Crippen molar-refractivity contribution in [2.24, 2.45) is 0 Å². The molecular formula is C17H21NO3S. The zero-order chi connectivity index (χ0) is 16.3. The average molecular weight is 319 g/mol. The summed E-state index contributed by atoms with van der Waals surface area (Å²) in [5.41, 5.74) is 2.55. The van der Waals surface area contributed by atoms with Gasteiger partial charge in [-0.05, 0) is 48.2 Å². The van der Waals surface area contributed by atoms with Crippen LogP contribution in [-0.4, -0.2) is 15.5 Å². The number of anilines is 1. The number of para-hydroxylation sites is 1. The molecule has 2 aromatic rings. The number of rotatable bonds is 5. The summed E-state index contributed by atoms with van der Waals surface area (Å²) in [6.45, 7) is 5.98. The van der Waals surface area contributed by atoms with Crippen LogP contribution in [0, 0.1) is 6.92 Å². The van der Waals surface area contributed by atoms with Gasteiger partial charge in [-0.15, -0.1) is 0 Å². The van der Waals surface area contributed by atoms with Crippen molar-refractivity contribution >= 4 is 15.7 Å². The topological polar surface area (TPSA) is 55.4 Å². The number of methoxy groups -OCH3 is 1. The molecule has 0 aliphatic carbocycles. The molecule has 118 valence electrons. The zero-order valence-corrected chi connectivity index (χ0v) is 14.1. The summed E-state index contributed by atoms with van der Waals surface area (Å²) < 4.78 is 32.9. The highest BCUT2D eigenvalue weighted by atomic mass is 32.2. The second-order valence-corrected chi connectivity index (χ2v) is 7.16. The highest BCUT2D eigenvalue weighted by molar-refractivity contribution is 7.92. The van der Waals surface area contributed by atoms with E-state index in [0.717, 1.165) is 11.1 Å². The van der Waals surface area contributed by atoms with Gasteiger partial charge in [0.15, 0.2) is 0 Å². The van der Waals surface area contributed by atoms with Gasteiger partial charge in [0.2, 0.25) is 0 Å². The number of hydrogen-bond donors (Lipinski definition) is 1. The summed E-state index contributed by atoms with van der Waals surface area (Å²) in [5.74, 6) is 0.853. The van der Waals surface area contributed by atoms with Gasteiger partial charge in [0.05, 0.1) is 17.7 Å². The van der Waals surface area contributed by atoms with E-state index < -0.39 is 10.0 Å². The van der Waals surface area contributed by atoms with Crippen molar-refractivity contribution in [3.05, 3.63) is 53.6 Å². The number of aryl methyl sites for hydroxylation is 1. The molecule has 0 aliphatic rings. The second-order valence-electron chi connectivity index (χ2n) is 5.47. The van der Waals surface area contributed by atoms with Crippen LogP contribution in [0.3, 0.4) is 0 Å². The Morgan fingerprint density at radius 3 is 2.23 bits per heavy atom. The summed E-state index contributed by atoms with van der Waals surface area (Å²) >= 11 is 0. The second kappa shape index (κ2) is 6.40. The molecule has 0 aliphatic heterocycles. The first-order chi connectivity index (χ1) is 10.3. The fourth-order valence-electron chi connectivity index (χ4n) is 2.26. The first-order valence-corrected chi connectivity index (χ1v) is 8.60. The monoisotopic (exact) mass is 319 g/mol. The average Bonchev–Trinajstić information content (AvgIpc) is 2.49. The third-order valence-corrected chi connectivity index (χ3v) is 4.90. The summed E-state index contributed by atoms with van der Waals surface area (Å²) in [4.78, 5) is 0.214. The molecule has 4 nitrogen and oxygen atoms in total. The van der Waals surface area contributed by atoms with Crippen molar-refractivity contribution in [1.29, 1.82) is 0 Å². The predicted octanol–water partition coefficient (Wildman–Crippen LogP) is 3.93. The highest BCUT2D eigenvalue weighted by Crippen LogP contribution is 2.29. The summed E-state index contributed by atoms with van der Waals surface area (Å²) in [7, 11) is -2.08. The molecule has 2 aromatic carbocycles. The van der Waals surface area contributed by atoms with Crippen molar-refractivity contribution in [2.75, 3.05) is 11.8 Å². The normalized spacial score (nSPS) is 11.5. The Balaban J connectivity index is 2.40. The molecule has 0 radical (unpaired) electrons. The molecule has 0 atom stereocenters. The fraction of sp³-hybridized carbons (Fsp3) is 0.294. The Morgan fingerprint density at radius 2 is 1.68 bits per heavy atom. The van der Waals surface area contributed by atoms with E-state index in [4.69, 9.17) is 4.74 Å². The highest BCUT2D eigenvalue weighted by Gasteiger charge is 2.18. The smallest absolute Gasteiger partial charge is 0.261 e. The summed E-state index contributed by atoms with van der Waals surface area (Å²) in [6.07, 6.45) is 0. The van der Waals surface area contributed by atoms with Gasteiger partial charge < -0.3 is 4.74 Å². The Kier molecular flexibility index (Phi) is 4.76. The molecule has 0 fully saturated rings. The first-order valence-electron chi connectivity index (χ1n) is 7.11. The summed E-state index contributed by atoms with van der Waals surface area (Å²) in [5, 5.41) is 0. The molecule has 0 aromatic heterocycles. The Morgan fingerprint density at radius 1 is 1.05 bits per heavy atom. The molecule has 0 bridgehead atoms. The van der Waals surface area contributed by atoms with Crippen LogP contribution in [0.1, 0.15) is 30.9 Å². The molecule has 0 amide bonds. The minimum atomic E-state index is -3.62. The number of hydrogen-bond acceptors (Lipinski definition) is 3. The van der Waals surface area contributed by atoms with Crippen LogP contribution < -0.4 is 9.46 Å². The fourth-order valence-corrected chi connectivity index (χ4v) is 3.42. The summed E-state index contributed by atoms with van der Waals surface area (Å²) in [6, 6.07) is 12.1.